The first kappa shape index (κ1) is 31.4. The molecule has 2 atom stereocenters. The summed E-state index contributed by atoms with van der Waals surface area (Å²) in [5.74, 6) is 0.0868. The molecule has 0 spiro atoms. The maximum absolute atomic E-state index is 14.2. The van der Waals surface area contributed by atoms with Crippen LogP contribution in [0.5, 0.6) is 11.5 Å². The van der Waals surface area contributed by atoms with Gasteiger partial charge in [0.1, 0.15) is 25.8 Å². The summed E-state index contributed by atoms with van der Waals surface area (Å²) in [6, 6.07) is 20.7. The maximum atomic E-state index is 14.2. The first-order valence-corrected chi connectivity index (χ1v) is 16.4. The smallest absolute Gasteiger partial charge is 0.244 e. The average Bonchev–Trinajstić information content (AvgIpc) is 2.97. The van der Waals surface area contributed by atoms with Crippen molar-refractivity contribution < 1.29 is 27.5 Å². The van der Waals surface area contributed by atoms with E-state index in [0.717, 1.165) is 32.6 Å². The Hall–Kier alpha value is -3.57. The van der Waals surface area contributed by atoms with Gasteiger partial charge in [-0.15, -0.1) is 0 Å². The SMILES string of the molecule is CC[C@H](C)NC(=O)[C@@H](Cc1ccccc1)N(Cc1cccc(Br)c1)C(=O)CN(c1ccc2c(c1)OCCO2)S(C)(=O)=O. The largest absolute Gasteiger partial charge is 0.486 e. The highest BCUT2D eigenvalue weighted by Crippen LogP contribution is 2.35. The van der Waals surface area contributed by atoms with Gasteiger partial charge in [-0.1, -0.05) is 65.3 Å². The van der Waals surface area contributed by atoms with Crippen molar-refractivity contribution in [1.82, 2.24) is 10.2 Å². The monoisotopic (exact) mass is 657 g/mol. The minimum atomic E-state index is -3.90. The Morgan fingerprint density at radius 3 is 2.31 bits per heavy atom. The summed E-state index contributed by atoms with van der Waals surface area (Å²) < 4.78 is 39.2. The molecule has 0 bridgehead atoms. The maximum Gasteiger partial charge on any atom is 0.244 e. The molecule has 3 aromatic rings. The van der Waals surface area contributed by atoms with Gasteiger partial charge >= 0.3 is 0 Å². The number of sulfonamides is 1. The second kappa shape index (κ2) is 14.1. The number of hydrogen-bond donors (Lipinski definition) is 1. The van der Waals surface area contributed by atoms with Crippen LogP contribution in [0.15, 0.2) is 77.3 Å². The highest BCUT2D eigenvalue weighted by atomic mass is 79.9. The molecule has 1 aliphatic rings. The Bertz CT molecular complexity index is 1500. The van der Waals surface area contributed by atoms with Crippen LogP contribution in [-0.4, -0.2) is 63.2 Å². The molecule has 4 rings (SSSR count). The van der Waals surface area contributed by atoms with Gasteiger partial charge in [-0.3, -0.25) is 13.9 Å². The third-order valence-corrected chi connectivity index (χ3v) is 8.64. The van der Waals surface area contributed by atoms with Crippen LogP contribution in [0.4, 0.5) is 5.69 Å². The number of nitrogens with zero attached hydrogens (tertiary/aromatic N) is 2. The van der Waals surface area contributed by atoms with Crippen LogP contribution < -0.4 is 19.1 Å². The molecule has 2 amide bonds. The normalized spacial score (nSPS) is 14.0. The number of carbonyl (C=O) groups is 2. The number of anilines is 1. The first-order chi connectivity index (χ1) is 20.0. The summed E-state index contributed by atoms with van der Waals surface area (Å²) in [5.41, 5.74) is 1.93. The molecule has 9 nitrogen and oxygen atoms in total. The van der Waals surface area contributed by atoms with Crippen LogP contribution in [0.3, 0.4) is 0 Å². The van der Waals surface area contributed by atoms with Crippen molar-refractivity contribution in [3.63, 3.8) is 0 Å². The predicted molar refractivity (Wildman–Crippen MR) is 166 cm³/mol. The van der Waals surface area contributed by atoms with Crippen molar-refractivity contribution in [3.8, 4) is 11.5 Å². The minimum Gasteiger partial charge on any atom is -0.486 e. The lowest BCUT2D eigenvalue weighted by atomic mass is 10.0. The molecule has 0 unspecified atom stereocenters. The summed E-state index contributed by atoms with van der Waals surface area (Å²) in [7, 11) is -3.90. The predicted octanol–water partition coefficient (Wildman–Crippen LogP) is 4.54. The fraction of sp³-hybridized carbons (Fsp3) is 0.355. The zero-order chi connectivity index (χ0) is 30.3. The zero-order valence-electron chi connectivity index (χ0n) is 24.0. The fourth-order valence-electron chi connectivity index (χ4n) is 4.63. The highest BCUT2D eigenvalue weighted by molar-refractivity contribution is 9.10. The topological polar surface area (TPSA) is 105 Å². The van der Waals surface area contributed by atoms with Crippen molar-refractivity contribution in [1.29, 1.82) is 0 Å². The summed E-state index contributed by atoms with van der Waals surface area (Å²) in [6.45, 7) is 4.20. The lowest BCUT2D eigenvalue weighted by Crippen LogP contribution is -2.54. The fourth-order valence-corrected chi connectivity index (χ4v) is 5.92. The zero-order valence-corrected chi connectivity index (χ0v) is 26.4. The number of nitrogens with one attached hydrogen (secondary N) is 1. The molecule has 0 aliphatic carbocycles. The van der Waals surface area contributed by atoms with Gasteiger partial charge in [0.25, 0.3) is 0 Å². The van der Waals surface area contributed by atoms with Crippen molar-refractivity contribution in [3.05, 3.63) is 88.4 Å². The number of halogens is 1. The van der Waals surface area contributed by atoms with E-state index in [1.165, 1.54) is 4.90 Å². The third-order valence-electron chi connectivity index (χ3n) is 7.01. The van der Waals surface area contributed by atoms with Crippen molar-refractivity contribution in [2.45, 2.75) is 45.3 Å². The molecule has 0 radical (unpaired) electrons. The van der Waals surface area contributed by atoms with Crippen molar-refractivity contribution in [2.24, 2.45) is 0 Å². The van der Waals surface area contributed by atoms with Gasteiger partial charge in [-0.25, -0.2) is 8.42 Å². The van der Waals surface area contributed by atoms with E-state index >= 15 is 0 Å². The Morgan fingerprint density at radius 1 is 0.952 bits per heavy atom. The van der Waals surface area contributed by atoms with E-state index in [-0.39, 0.29) is 30.6 Å². The average molecular weight is 659 g/mol. The van der Waals surface area contributed by atoms with Crippen LogP contribution in [-0.2, 0) is 32.6 Å². The molecule has 0 aromatic heterocycles. The molecule has 1 heterocycles. The molecule has 11 heteroatoms. The van der Waals surface area contributed by atoms with Crippen molar-refractivity contribution >= 4 is 43.5 Å². The van der Waals surface area contributed by atoms with E-state index in [4.69, 9.17) is 9.47 Å². The molecular formula is C31H36BrN3O6S. The summed E-state index contributed by atoms with van der Waals surface area (Å²) in [6.07, 6.45) is 2.02. The third kappa shape index (κ3) is 8.25. The van der Waals surface area contributed by atoms with Crippen LogP contribution in [0.25, 0.3) is 0 Å². The van der Waals surface area contributed by atoms with Gasteiger partial charge < -0.3 is 19.7 Å². The Kier molecular flexibility index (Phi) is 10.5. The Labute approximate surface area is 256 Å². The van der Waals surface area contributed by atoms with E-state index in [1.54, 1.807) is 18.2 Å². The lowest BCUT2D eigenvalue weighted by Gasteiger charge is -2.34. The number of carbonyl (C=O) groups excluding carboxylic acids is 2. The van der Waals surface area contributed by atoms with Crippen LogP contribution in [0, 0.1) is 0 Å². The number of fused-ring (bicyclic) bond motifs is 1. The summed E-state index contributed by atoms with van der Waals surface area (Å²) >= 11 is 3.49. The van der Waals surface area contributed by atoms with Crippen molar-refractivity contribution in [2.75, 3.05) is 30.3 Å². The minimum absolute atomic E-state index is 0.0996. The molecule has 1 N–H and O–H groups in total. The second-order valence-corrected chi connectivity index (χ2v) is 13.1. The van der Waals surface area contributed by atoms with E-state index in [2.05, 4.69) is 21.2 Å². The highest BCUT2D eigenvalue weighted by Gasteiger charge is 2.33. The molecule has 3 aromatic carbocycles. The van der Waals surface area contributed by atoms with Crippen LogP contribution in [0.1, 0.15) is 31.4 Å². The Balaban J connectivity index is 1.73. The molecule has 1 aliphatic heterocycles. The van der Waals surface area contributed by atoms with E-state index in [0.29, 0.717) is 24.7 Å². The number of benzene rings is 3. The second-order valence-electron chi connectivity index (χ2n) is 10.3. The van der Waals surface area contributed by atoms with Gasteiger partial charge in [-0.2, -0.15) is 0 Å². The number of hydrogen-bond acceptors (Lipinski definition) is 6. The van der Waals surface area contributed by atoms with Gasteiger partial charge in [0, 0.05) is 29.5 Å². The molecule has 0 saturated carbocycles. The van der Waals surface area contributed by atoms with E-state index < -0.39 is 28.5 Å². The molecular weight excluding hydrogens is 622 g/mol. The molecule has 0 fully saturated rings. The van der Waals surface area contributed by atoms with Gasteiger partial charge in [0.2, 0.25) is 21.8 Å². The van der Waals surface area contributed by atoms with Crippen LogP contribution >= 0.6 is 15.9 Å². The summed E-state index contributed by atoms with van der Waals surface area (Å²) in [4.78, 5) is 29.4. The molecule has 224 valence electrons. The number of ether oxygens (including phenoxy) is 2. The number of rotatable bonds is 12. The molecule has 0 saturated heterocycles. The van der Waals surface area contributed by atoms with Crippen LogP contribution in [0.2, 0.25) is 0 Å². The summed E-state index contributed by atoms with van der Waals surface area (Å²) in [5, 5.41) is 3.03. The van der Waals surface area contributed by atoms with E-state index in [1.807, 2.05) is 68.4 Å². The van der Waals surface area contributed by atoms with Gasteiger partial charge in [0.15, 0.2) is 11.5 Å². The first-order valence-electron chi connectivity index (χ1n) is 13.8. The van der Waals surface area contributed by atoms with Gasteiger partial charge in [-0.05, 0) is 48.7 Å². The quantitative estimate of drug-likeness (QED) is 0.307. The lowest BCUT2D eigenvalue weighted by molar-refractivity contribution is -0.140. The Morgan fingerprint density at radius 2 is 1.64 bits per heavy atom. The number of amides is 2. The van der Waals surface area contributed by atoms with E-state index in [9.17, 15) is 18.0 Å². The molecule has 42 heavy (non-hydrogen) atoms. The standard InChI is InChI=1S/C31H36BrN3O6S/c1-4-22(2)33-31(37)27(18-23-9-6-5-7-10-23)34(20-24-11-8-12-25(32)17-24)30(36)21-35(42(3,38)39)26-13-14-28-29(19-26)41-16-15-40-28/h5-14,17,19,22,27H,4,15-16,18,20-21H2,1-3H3,(H,33,37)/t22-,27+/m0/s1. The van der Waals surface area contributed by atoms with Gasteiger partial charge in [0.05, 0.1) is 11.9 Å².